The number of anilines is 1. The summed E-state index contributed by atoms with van der Waals surface area (Å²) in [5, 5.41) is 12.1. The molecule has 2 aliphatic rings. The van der Waals surface area contributed by atoms with Gasteiger partial charge in [-0.05, 0) is 35.7 Å². The van der Waals surface area contributed by atoms with Gasteiger partial charge in [0.25, 0.3) is 5.91 Å². The van der Waals surface area contributed by atoms with Crippen LogP contribution in [0, 0.1) is 11.3 Å². The third-order valence-corrected chi connectivity index (χ3v) is 5.89. The summed E-state index contributed by atoms with van der Waals surface area (Å²) >= 11 is 0. The molecule has 7 nitrogen and oxygen atoms in total. The van der Waals surface area contributed by atoms with E-state index in [2.05, 4.69) is 15.3 Å². The predicted octanol–water partition coefficient (Wildman–Crippen LogP) is 2.76. The number of hydrogen-bond acceptors (Lipinski definition) is 4. The number of rotatable bonds is 2. The van der Waals surface area contributed by atoms with E-state index in [9.17, 15) is 9.59 Å². The number of amides is 2. The summed E-state index contributed by atoms with van der Waals surface area (Å²) in [6.07, 6.45) is 5.40. The van der Waals surface area contributed by atoms with E-state index in [0.29, 0.717) is 24.2 Å². The number of hydrogen-bond donors (Lipinski definition) is 2. The molecular formula is C22H17N5O2. The van der Waals surface area contributed by atoms with Gasteiger partial charge in [-0.1, -0.05) is 24.3 Å². The number of nitriles is 1. The number of aromatic amines is 1. The number of carbonyl (C=O) groups excluding carboxylic acids is 2. The van der Waals surface area contributed by atoms with Crippen LogP contribution in [0.3, 0.4) is 0 Å². The van der Waals surface area contributed by atoms with Crippen molar-refractivity contribution in [2.45, 2.75) is 17.9 Å². The first-order chi connectivity index (χ1) is 14.1. The summed E-state index contributed by atoms with van der Waals surface area (Å²) in [6.45, 7) is 0.418. The number of benzene rings is 1. The van der Waals surface area contributed by atoms with E-state index in [4.69, 9.17) is 5.26 Å². The number of fused-ring (bicyclic) bond motifs is 2. The Morgan fingerprint density at radius 1 is 1.28 bits per heavy atom. The lowest BCUT2D eigenvalue weighted by molar-refractivity contribution is -0.121. The van der Waals surface area contributed by atoms with Crippen molar-refractivity contribution < 1.29 is 9.59 Å². The fourth-order valence-corrected chi connectivity index (χ4v) is 4.64. The maximum atomic E-state index is 13.4. The molecule has 4 heterocycles. The van der Waals surface area contributed by atoms with Crippen molar-refractivity contribution in [1.29, 1.82) is 5.26 Å². The topological polar surface area (TPSA) is 102 Å². The highest BCUT2D eigenvalue weighted by Gasteiger charge is 2.59. The number of aromatic nitrogens is 2. The van der Waals surface area contributed by atoms with E-state index < -0.39 is 11.5 Å². The van der Waals surface area contributed by atoms with Gasteiger partial charge in [-0.25, -0.2) is 0 Å². The molecule has 1 saturated heterocycles. The Hall–Kier alpha value is -3.92. The number of pyridine rings is 1. The van der Waals surface area contributed by atoms with Crippen molar-refractivity contribution in [3.63, 3.8) is 0 Å². The number of carbonyl (C=O) groups is 2. The Morgan fingerprint density at radius 2 is 2.14 bits per heavy atom. The smallest absolute Gasteiger partial charge is 0.270 e. The minimum atomic E-state index is -0.875. The Morgan fingerprint density at radius 3 is 2.90 bits per heavy atom. The van der Waals surface area contributed by atoms with Gasteiger partial charge in [0.1, 0.15) is 17.2 Å². The van der Waals surface area contributed by atoms with Gasteiger partial charge in [-0.3, -0.25) is 14.6 Å². The highest BCUT2D eigenvalue weighted by molar-refractivity contribution is 6.08. The van der Waals surface area contributed by atoms with Gasteiger partial charge >= 0.3 is 0 Å². The molecule has 1 spiro atoms. The predicted molar refractivity (Wildman–Crippen MR) is 105 cm³/mol. The van der Waals surface area contributed by atoms with Gasteiger partial charge < -0.3 is 15.2 Å². The van der Waals surface area contributed by atoms with Crippen LogP contribution in [-0.4, -0.2) is 33.2 Å². The van der Waals surface area contributed by atoms with Crippen LogP contribution in [0.25, 0.3) is 0 Å². The Bertz CT molecular complexity index is 1160. The molecule has 1 fully saturated rings. The normalized spacial score (nSPS) is 22.4. The van der Waals surface area contributed by atoms with Crippen molar-refractivity contribution in [2.75, 3.05) is 11.9 Å². The van der Waals surface area contributed by atoms with Crippen molar-refractivity contribution in [2.24, 2.45) is 0 Å². The quantitative estimate of drug-likeness (QED) is 0.710. The van der Waals surface area contributed by atoms with E-state index in [1.54, 1.807) is 17.3 Å². The van der Waals surface area contributed by atoms with Crippen molar-refractivity contribution in [3.05, 3.63) is 83.4 Å². The molecule has 0 saturated carbocycles. The van der Waals surface area contributed by atoms with E-state index >= 15 is 0 Å². The van der Waals surface area contributed by atoms with Gasteiger partial charge in [0.05, 0.1) is 11.6 Å². The van der Waals surface area contributed by atoms with E-state index in [1.165, 1.54) is 12.3 Å². The molecule has 2 unspecified atom stereocenters. The molecule has 7 heteroatoms. The second-order valence-corrected chi connectivity index (χ2v) is 7.32. The average molecular weight is 383 g/mol. The molecule has 2 aromatic heterocycles. The first kappa shape index (κ1) is 17.2. The summed E-state index contributed by atoms with van der Waals surface area (Å²) in [5.41, 5.74) is 2.34. The van der Waals surface area contributed by atoms with Crippen LogP contribution in [0.5, 0.6) is 0 Å². The molecule has 2 N–H and O–H groups in total. The lowest BCUT2D eigenvalue weighted by Crippen LogP contribution is -2.42. The molecule has 0 radical (unpaired) electrons. The molecular weight excluding hydrogens is 366 g/mol. The second kappa shape index (κ2) is 6.31. The summed E-state index contributed by atoms with van der Waals surface area (Å²) in [7, 11) is 0. The van der Waals surface area contributed by atoms with Crippen LogP contribution in [0.2, 0.25) is 0 Å². The fourth-order valence-electron chi connectivity index (χ4n) is 4.64. The monoisotopic (exact) mass is 383 g/mol. The van der Waals surface area contributed by atoms with Crippen LogP contribution >= 0.6 is 0 Å². The maximum absolute atomic E-state index is 13.4. The summed E-state index contributed by atoms with van der Waals surface area (Å²) in [6, 6.07) is 14.4. The zero-order chi connectivity index (χ0) is 20.0. The zero-order valence-electron chi connectivity index (χ0n) is 15.4. The second-order valence-electron chi connectivity index (χ2n) is 7.32. The standard InChI is InChI=1S/C22H17N5O2/c23-11-14-10-18(25-12-14)20(28)27-9-7-22(19(27)15-4-3-8-24-13-15)16-5-1-2-6-17(16)26-21(22)29/h1-6,8,10,12-13,19,25H,7,9H2,(H,26,29). The minimum absolute atomic E-state index is 0.105. The number of para-hydroxylation sites is 1. The molecule has 2 atom stereocenters. The molecule has 142 valence electrons. The lowest BCUT2D eigenvalue weighted by Gasteiger charge is -2.34. The maximum Gasteiger partial charge on any atom is 0.270 e. The third kappa shape index (κ3) is 2.39. The Balaban J connectivity index is 1.66. The molecule has 29 heavy (non-hydrogen) atoms. The molecule has 5 rings (SSSR count). The first-order valence-corrected chi connectivity index (χ1v) is 9.35. The Kier molecular flexibility index (Phi) is 3.74. The van der Waals surface area contributed by atoms with Crippen molar-refractivity contribution in [1.82, 2.24) is 14.9 Å². The molecule has 1 aromatic carbocycles. The number of H-pyrrole nitrogens is 1. The highest BCUT2D eigenvalue weighted by atomic mass is 16.2. The van der Waals surface area contributed by atoms with E-state index in [0.717, 1.165) is 16.8 Å². The van der Waals surface area contributed by atoms with E-state index in [1.807, 2.05) is 42.5 Å². The van der Waals surface area contributed by atoms with Crippen molar-refractivity contribution >= 4 is 17.5 Å². The molecule has 0 bridgehead atoms. The minimum Gasteiger partial charge on any atom is -0.356 e. The third-order valence-electron chi connectivity index (χ3n) is 5.89. The summed E-state index contributed by atoms with van der Waals surface area (Å²) in [4.78, 5) is 35.5. The average Bonchev–Trinajstić information content (AvgIpc) is 3.46. The van der Waals surface area contributed by atoms with Crippen LogP contribution in [0.1, 0.15) is 39.6 Å². The van der Waals surface area contributed by atoms with Gasteiger partial charge in [-0.2, -0.15) is 5.26 Å². The molecule has 3 aromatic rings. The largest absolute Gasteiger partial charge is 0.356 e. The van der Waals surface area contributed by atoms with Crippen LogP contribution in [-0.2, 0) is 10.2 Å². The summed E-state index contributed by atoms with van der Waals surface area (Å²) in [5.74, 6) is -0.346. The number of likely N-dealkylation sites (tertiary alicyclic amines) is 1. The lowest BCUT2D eigenvalue weighted by atomic mass is 9.73. The van der Waals surface area contributed by atoms with Gasteiger partial charge in [0.15, 0.2) is 0 Å². The van der Waals surface area contributed by atoms with Crippen LogP contribution in [0.4, 0.5) is 5.69 Å². The fraction of sp³-hybridized carbons (Fsp3) is 0.182. The molecule has 0 aliphatic carbocycles. The molecule has 2 aliphatic heterocycles. The van der Waals surface area contributed by atoms with Gasteiger partial charge in [-0.15, -0.1) is 0 Å². The first-order valence-electron chi connectivity index (χ1n) is 9.35. The van der Waals surface area contributed by atoms with E-state index in [-0.39, 0.29) is 11.8 Å². The number of nitrogens with zero attached hydrogens (tertiary/aromatic N) is 3. The van der Waals surface area contributed by atoms with Gasteiger partial charge in [0.2, 0.25) is 5.91 Å². The number of nitrogens with one attached hydrogen (secondary N) is 2. The summed E-state index contributed by atoms with van der Waals surface area (Å²) < 4.78 is 0. The highest BCUT2D eigenvalue weighted by Crippen LogP contribution is 2.54. The SMILES string of the molecule is N#Cc1c[nH]c(C(=O)N2CCC3(C(=O)Nc4ccccc43)C2c2cccnc2)c1. The van der Waals surface area contributed by atoms with Crippen molar-refractivity contribution in [3.8, 4) is 6.07 Å². The van der Waals surface area contributed by atoms with Crippen LogP contribution in [0.15, 0.2) is 61.1 Å². The molecule has 2 amide bonds. The van der Waals surface area contributed by atoms with Gasteiger partial charge in [0, 0.05) is 30.8 Å². The van der Waals surface area contributed by atoms with Crippen LogP contribution < -0.4 is 5.32 Å². The Labute approximate surface area is 167 Å². The zero-order valence-corrected chi connectivity index (χ0v) is 15.4.